The quantitative estimate of drug-likeness (QED) is 0.843. The summed E-state index contributed by atoms with van der Waals surface area (Å²) in [6, 6.07) is 6.65. The van der Waals surface area contributed by atoms with E-state index in [0.29, 0.717) is 5.69 Å². The number of benzene rings is 1. The number of hydrogen-bond acceptors (Lipinski definition) is 4. The summed E-state index contributed by atoms with van der Waals surface area (Å²) in [5, 5.41) is 12.6. The van der Waals surface area contributed by atoms with E-state index in [9.17, 15) is 13.5 Å². The molecule has 1 aromatic carbocycles. The van der Waals surface area contributed by atoms with Gasteiger partial charge in [0.15, 0.2) is 0 Å². The molecule has 102 valence electrons. The summed E-state index contributed by atoms with van der Waals surface area (Å²) in [5.74, 6) is 0. The lowest BCUT2D eigenvalue weighted by Gasteiger charge is -2.21. The summed E-state index contributed by atoms with van der Waals surface area (Å²) < 4.78 is 25.4. The van der Waals surface area contributed by atoms with Crippen LogP contribution in [0.3, 0.4) is 0 Å². The van der Waals surface area contributed by atoms with Crippen LogP contribution in [-0.4, -0.2) is 44.1 Å². The lowest BCUT2D eigenvalue weighted by molar-refractivity contribution is 0.0944. The number of rotatable bonds is 5. The third-order valence-electron chi connectivity index (χ3n) is 2.36. The lowest BCUT2D eigenvalue weighted by atomic mass is 10.1. The van der Waals surface area contributed by atoms with Gasteiger partial charge in [0.1, 0.15) is 4.90 Å². The largest absolute Gasteiger partial charge is 0.389 e. The van der Waals surface area contributed by atoms with Crippen LogP contribution in [0.1, 0.15) is 13.8 Å². The van der Waals surface area contributed by atoms with E-state index in [1.54, 1.807) is 38.1 Å². The Morgan fingerprint density at radius 2 is 1.83 bits per heavy atom. The second-order valence-electron chi connectivity index (χ2n) is 4.95. The molecule has 5 nitrogen and oxygen atoms in total. The van der Waals surface area contributed by atoms with E-state index in [2.05, 4.69) is 5.32 Å². The molecule has 0 radical (unpaired) electrons. The van der Waals surface area contributed by atoms with Crippen LogP contribution in [0.4, 0.5) is 5.69 Å². The first-order valence-corrected chi connectivity index (χ1v) is 7.06. The summed E-state index contributed by atoms with van der Waals surface area (Å²) in [6.07, 6.45) is 0. The Hall–Kier alpha value is -1.11. The Balaban J connectivity index is 3.08. The Bertz CT molecular complexity index is 504. The van der Waals surface area contributed by atoms with E-state index in [1.807, 2.05) is 0 Å². The van der Waals surface area contributed by atoms with E-state index in [0.717, 1.165) is 4.31 Å². The number of para-hydroxylation sites is 1. The van der Waals surface area contributed by atoms with Crippen molar-refractivity contribution in [1.29, 1.82) is 0 Å². The minimum atomic E-state index is -3.49. The average Bonchev–Trinajstić information content (AvgIpc) is 2.25. The van der Waals surface area contributed by atoms with Crippen LogP contribution in [0.2, 0.25) is 0 Å². The molecule has 0 atom stereocenters. The van der Waals surface area contributed by atoms with Gasteiger partial charge < -0.3 is 10.4 Å². The van der Waals surface area contributed by atoms with Crippen molar-refractivity contribution in [3.8, 4) is 0 Å². The van der Waals surface area contributed by atoms with Crippen molar-refractivity contribution in [3.05, 3.63) is 24.3 Å². The van der Waals surface area contributed by atoms with Crippen LogP contribution >= 0.6 is 0 Å². The molecule has 0 aliphatic carbocycles. The highest BCUT2D eigenvalue weighted by atomic mass is 32.2. The normalized spacial score (nSPS) is 12.8. The molecule has 2 N–H and O–H groups in total. The molecule has 1 aromatic rings. The van der Waals surface area contributed by atoms with Gasteiger partial charge in [-0.25, -0.2) is 12.7 Å². The lowest BCUT2D eigenvalue weighted by Crippen LogP contribution is -2.30. The van der Waals surface area contributed by atoms with Gasteiger partial charge in [0.05, 0.1) is 11.3 Å². The molecule has 0 aliphatic rings. The molecule has 18 heavy (non-hydrogen) atoms. The van der Waals surface area contributed by atoms with Gasteiger partial charge in [0.25, 0.3) is 0 Å². The smallest absolute Gasteiger partial charge is 0.244 e. The first-order chi connectivity index (χ1) is 8.14. The molecule has 0 aliphatic heterocycles. The monoisotopic (exact) mass is 272 g/mol. The van der Waals surface area contributed by atoms with Gasteiger partial charge in [-0.1, -0.05) is 12.1 Å². The molecule has 0 saturated heterocycles. The zero-order chi connectivity index (χ0) is 14.0. The zero-order valence-electron chi connectivity index (χ0n) is 11.1. The minimum absolute atomic E-state index is 0.208. The second kappa shape index (κ2) is 5.26. The van der Waals surface area contributed by atoms with Crippen LogP contribution < -0.4 is 5.32 Å². The van der Waals surface area contributed by atoms with Crippen LogP contribution in [0.15, 0.2) is 29.2 Å². The Labute approximate surface area is 108 Å². The number of anilines is 1. The first-order valence-electron chi connectivity index (χ1n) is 5.62. The third-order valence-corrected chi connectivity index (χ3v) is 4.23. The fourth-order valence-corrected chi connectivity index (χ4v) is 2.41. The number of aliphatic hydroxyl groups is 1. The van der Waals surface area contributed by atoms with Crippen LogP contribution in [-0.2, 0) is 10.0 Å². The van der Waals surface area contributed by atoms with E-state index in [1.165, 1.54) is 14.1 Å². The van der Waals surface area contributed by atoms with Crippen molar-refractivity contribution < 1.29 is 13.5 Å². The number of nitrogens with zero attached hydrogens (tertiary/aromatic N) is 1. The van der Waals surface area contributed by atoms with Crippen molar-refractivity contribution in [2.75, 3.05) is 26.0 Å². The molecule has 0 spiro atoms. The highest BCUT2D eigenvalue weighted by molar-refractivity contribution is 7.89. The van der Waals surface area contributed by atoms with Crippen LogP contribution in [0, 0.1) is 0 Å². The van der Waals surface area contributed by atoms with Crippen LogP contribution in [0.5, 0.6) is 0 Å². The highest BCUT2D eigenvalue weighted by Crippen LogP contribution is 2.23. The Morgan fingerprint density at radius 1 is 1.28 bits per heavy atom. The van der Waals surface area contributed by atoms with E-state index in [-0.39, 0.29) is 11.4 Å². The molecular formula is C12H20N2O3S. The van der Waals surface area contributed by atoms with Crippen molar-refractivity contribution in [1.82, 2.24) is 4.31 Å². The van der Waals surface area contributed by atoms with Crippen molar-refractivity contribution in [3.63, 3.8) is 0 Å². The fourth-order valence-electron chi connectivity index (χ4n) is 1.35. The molecule has 0 saturated carbocycles. The highest BCUT2D eigenvalue weighted by Gasteiger charge is 2.21. The van der Waals surface area contributed by atoms with E-state index >= 15 is 0 Å². The molecule has 0 fully saturated rings. The molecule has 0 aromatic heterocycles. The molecule has 1 rings (SSSR count). The molecule has 6 heteroatoms. The van der Waals surface area contributed by atoms with Gasteiger partial charge in [-0.05, 0) is 26.0 Å². The minimum Gasteiger partial charge on any atom is -0.389 e. The standard InChI is InChI=1S/C12H20N2O3S/c1-12(2,15)9-13-10-7-5-6-8-11(10)18(16,17)14(3)4/h5-8,13,15H,9H2,1-4H3. The maximum absolute atomic E-state index is 12.1. The number of hydrogen-bond donors (Lipinski definition) is 2. The summed E-state index contributed by atoms with van der Waals surface area (Å²) in [6.45, 7) is 3.58. The average molecular weight is 272 g/mol. The Morgan fingerprint density at radius 3 is 2.33 bits per heavy atom. The SMILES string of the molecule is CN(C)S(=O)(=O)c1ccccc1NCC(C)(C)O. The van der Waals surface area contributed by atoms with Gasteiger partial charge >= 0.3 is 0 Å². The van der Waals surface area contributed by atoms with E-state index < -0.39 is 15.6 Å². The maximum atomic E-state index is 12.1. The molecule has 0 unspecified atom stereocenters. The molecular weight excluding hydrogens is 252 g/mol. The van der Waals surface area contributed by atoms with Gasteiger partial charge in [0.2, 0.25) is 10.0 Å². The molecule has 0 bridgehead atoms. The zero-order valence-corrected chi connectivity index (χ0v) is 12.0. The Kier molecular flexibility index (Phi) is 4.37. The van der Waals surface area contributed by atoms with Gasteiger partial charge in [-0.15, -0.1) is 0 Å². The molecule has 0 heterocycles. The fraction of sp³-hybridized carbons (Fsp3) is 0.500. The van der Waals surface area contributed by atoms with Crippen LogP contribution in [0.25, 0.3) is 0 Å². The third kappa shape index (κ3) is 3.69. The van der Waals surface area contributed by atoms with Gasteiger partial charge in [-0.3, -0.25) is 0 Å². The summed E-state index contributed by atoms with van der Waals surface area (Å²) in [5.41, 5.74) is -0.414. The maximum Gasteiger partial charge on any atom is 0.244 e. The number of nitrogens with one attached hydrogen (secondary N) is 1. The second-order valence-corrected chi connectivity index (χ2v) is 7.07. The van der Waals surface area contributed by atoms with Crippen molar-refractivity contribution in [2.24, 2.45) is 0 Å². The topological polar surface area (TPSA) is 69.6 Å². The number of sulfonamides is 1. The van der Waals surface area contributed by atoms with E-state index in [4.69, 9.17) is 0 Å². The van der Waals surface area contributed by atoms with Crippen molar-refractivity contribution in [2.45, 2.75) is 24.3 Å². The van der Waals surface area contributed by atoms with Gasteiger partial charge in [0, 0.05) is 20.6 Å². The summed E-state index contributed by atoms with van der Waals surface area (Å²) in [4.78, 5) is 0.208. The summed E-state index contributed by atoms with van der Waals surface area (Å²) in [7, 11) is -0.510. The predicted octanol–water partition coefficient (Wildman–Crippen LogP) is 1.12. The van der Waals surface area contributed by atoms with Crippen molar-refractivity contribution >= 4 is 15.7 Å². The first kappa shape index (κ1) is 14.9. The summed E-state index contributed by atoms with van der Waals surface area (Å²) >= 11 is 0. The molecule has 0 amide bonds. The predicted molar refractivity (Wildman–Crippen MR) is 72.1 cm³/mol. The van der Waals surface area contributed by atoms with Gasteiger partial charge in [-0.2, -0.15) is 0 Å².